The van der Waals surface area contributed by atoms with Gasteiger partial charge in [0.1, 0.15) is 17.2 Å². The third-order valence-corrected chi connectivity index (χ3v) is 5.04. The van der Waals surface area contributed by atoms with Crippen LogP contribution in [0.5, 0.6) is 0 Å². The molecule has 0 aliphatic carbocycles. The second-order valence-corrected chi connectivity index (χ2v) is 6.65. The predicted molar refractivity (Wildman–Crippen MR) is 89.7 cm³/mol. The van der Waals surface area contributed by atoms with Crippen LogP contribution >= 0.6 is 0 Å². The molecule has 3 rings (SSSR count). The van der Waals surface area contributed by atoms with E-state index < -0.39 is 5.54 Å². The Morgan fingerprint density at radius 2 is 2.00 bits per heavy atom. The van der Waals surface area contributed by atoms with Crippen molar-refractivity contribution in [3.05, 3.63) is 11.6 Å². The molecular formula is C16H26N6O3. The molecule has 9 nitrogen and oxygen atoms in total. The molecule has 2 saturated heterocycles. The van der Waals surface area contributed by atoms with Crippen molar-refractivity contribution < 1.29 is 14.3 Å². The Hall–Kier alpha value is -2.00. The Morgan fingerprint density at radius 3 is 2.60 bits per heavy atom. The SMILES string of the molecule is COCCCN1C(=O)N(Cc2nc(C)nn2C)C(=O)C12CCNCC2. The molecule has 9 heteroatoms. The van der Waals surface area contributed by atoms with Crippen molar-refractivity contribution in [1.82, 2.24) is 29.9 Å². The van der Waals surface area contributed by atoms with Gasteiger partial charge in [-0.2, -0.15) is 5.10 Å². The summed E-state index contributed by atoms with van der Waals surface area (Å²) in [6.07, 6.45) is 1.99. The maximum atomic E-state index is 13.2. The minimum atomic E-state index is -0.732. The van der Waals surface area contributed by atoms with Gasteiger partial charge in [-0.05, 0) is 39.3 Å². The fraction of sp³-hybridized carbons (Fsp3) is 0.750. The number of rotatable bonds is 6. The second kappa shape index (κ2) is 7.09. The van der Waals surface area contributed by atoms with Crippen molar-refractivity contribution in [2.75, 3.05) is 33.4 Å². The highest BCUT2D eigenvalue weighted by Gasteiger charge is 2.57. The molecule has 3 amide bonds. The summed E-state index contributed by atoms with van der Waals surface area (Å²) < 4.78 is 6.73. The Labute approximate surface area is 147 Å². The number of aromatic nitrogens is 3. The fourth-order valence-electron chi connectivity index (χ4n) is 3.76. The second-order valence-electron chi connectivity index (χ2n) is 6.65. The van der Waals surface area contributed by atoms with Crippen LogP contribution in [0.15, 0.2) is 0 Å². The number of methoxy groups -OCH3 is 1. The number of piperidine rings is 1. The highest BCUT2D eigenvalue weighted by molar-refractivity contribution is 6.07. The highest BCUT2D eigenvalue weighted by atomic mass is 16.5. The summed E-state index contributed by atoms with van der Waals surface area (Å²) in [5.41, 5.74) is -0.732. The van der Waals surface area contributed by atoms with Crippen LogP contribution in [0.1, 0.15) is 30.9 Å². The number of urea groups is 1. The van der Waals surface area contributed by atoms with Crippen LogP contribution in [0, 0.1) is 6.92 Å². The van der Waals surface area contributed by atoms with Crippen LogP contribution in [0.4, 0.5) is 4.79 Å². The van der Waals surface area contributed by atoms with Crippen LogP contribution in [0.2, 0.25) is 0 Å². The largest absolute Gasteiger partial charge is 0.385 e. The fourth-order valence-corrected chi connectivity index (χ4v) is 3.76. The summed E-state index contributed by atoms with van der Waals surface area (Å²) in [6.45, 7) is 4.50. The van der Waals surface area contributed by atoms with Gasteiger partial charge in [-0.25, -0.2) is 9.78 Å². The first kappa shape index (κ1) is 17.8. The first-order valence-corrected chi connectivity index (χ1v) is 8.69. The van der Waals surface area contributed by atoms with Crippen molar-refractivity contribution in [3.63, 3.8) is 0 Å². The average Bonchev–Trinajstić information content (AvgIpc) is 3.00. The van der Waals surface area contributed by atoms with Gasteiger partial charge in [-0.15, -0.1) is 0 Å². The highest BCUT2D eigenvalue weighted by Crippen LogP contribution is 2.36. The van der Waals surface area contributed by atoms with E-state index in [-0.39, 0.29) is 18.5 Å². The molecule has 2 aliphatic rings. The maximum Gasteiger partial charge on any atom is 0.328 e. The lowest BCUT2D eigenvalue weighted by Crippen LogP contribution is -2.56. The van der Waals surface area contributed by atoms with Gasteiger partial charge in [0, 0.05) is 27.3 Å². The zero-order valence-electron chi connectivity index (χ0n) is 15.1. The summed E-state index contributed by atoms with van der Waals surface area (Å²) in [7, 11) is 3.41. The first-order chi connectivity index (χ1) is 12.0. The van der Waals surface area contributed by atoms with Crippen LogP contribution in [-0.4, -0.2) is 75.4 Å². The van der Waals surface area contributed by atoms with Gasteiger partial charge >= 0.3 is 6.03 Å². The summed E-state index contributed by atoms with van der Waals surface area (Å²) in [5, 5.41) is 7.48. The van der Waals surface area contributed by atoms with Gasteiger partial charge in [0.15, 0.2) is 0 Å². The molecule has 0 bridgehead atoms. The van der Waals surface area contributed by atoms with E-state index in [1.54, 1.807) is 30.7 Å². The Kier molecular flexibility index (Phi) is 5.05. The Morgan fingerprint density at radius 1 is 1.28 bits per heavy atom. The number of ether oxygens (including phenoxy) is 1. The number of aryl methyl sites for hydroxylation is 2. The van der Waals surface area contributed by atoms with Crippen LogP contribution < -0.4 is 5.32 Å². The number of imide groups is 1. The topological polar surface area (TPSA) is 92.6 Å². The lowest BCUT2D eigenvalue weighted by atomic mass is 9.86. The number of hydrogen-bond donors (Lipinski definition) is 1. The molecule has 1 aromatic heterocycles. The Balaban J connectivity index is 1.85. The molecule has 1 aromatic rings. The molecule has 1 spiro atoms. The van der Waals surface area contributed by atoms with Gasteiger partial charge in [0.05, 0.1) is 6.54 Å². The van der Waals surface area contributed by atoms with Gasteiger partial charge < -0.3 is 15.0 Å². The zero-order chi connectivity index (χ0) is 18.0. The number of hydrogen-bond acceptors (Lipinski definition) is 6. The van der Waals surface area contributed by atoms with Crippen molar-refractivity contribution in [3.8, 4) is 0 Å². The molecule has 2 fully saturated rings. The van der Waals surface area contributed by atoms with Crippen molar-refractivity contribution in [2.45, 2.75) is 38.3 Å². The quantitative estimate of drug-likeness (QED) is 0.575. The number of nitrogens with zero attached hydrogens (tertiary/aromatic N) is 5. The minimum Gasteiger partial charge on any atom is -0.385 e. The van der Waals surface area contributed by atoms with E-state index in [2.05, 4.69) is 15.4 Å². The van der Waals surface area contributed by atoms with E-state index in [0.717, 1.165) is 13.1 Å². The molecule has 0 unspecified atom stereocenters. The summed E-state index contributed by atoms with van der Waals surface area (Å²) in [4.78, 5) is 33.6. The van der Waals surface area contributed by atoms with Gasteiger partial charge in [-0.3, -0.25) is 14.4 Å². The molecular weight excluding hydrogens is 324 g/mol. The van der Waals surface area contributed by atoms with E-state index in [1.165, 1.54) is 4.90 Å². The number of nitrogens with one attached hydrogen (secondary N) is 1. The molecule has 0 atom stereocenters. The van der Waals surface area contributed by atoms with E-state index >= 15 is 0 Å². The number of amides is 3. The van der Waals surface area contributed by atoms with E-state index in [9.17, 15) is 9.59 Å². The van der Waals surface area contributed by atoms with Gasteiger partial charge in [0.25, 0.3) is 5.91 Å². The maximum absolute atomic E-state index is 13.2. The summed E-state index contributed by atoms with van der Waals surface area (Å²) >= 11 is 0. The first-order valence-electron chi connectivity index (χ1n) is 8.69. The van der Waals surface area contributed by atoms with Gasteiger partial charge in [-0.1, -0.05) is 0 Å². The Bertz CT molecular complexity index is 652. The van der Waals surface area contributed by atoms with E-state index in [1.807, 2.05) is 0 Å². The zero-order valence-corrected chi connectivity index (χ0v) is 15.1. The van der Waals surface area contributed by atoms with Crippen LogP contribution in [-0.2, 0) is 23.1 Å². The average molecular weight is 350 g/mol. The van der Waals surface area contributed by atoms with Gasteiger partial charge in [0.2, 0.25) is 0 Å². The molecule has 25 heavy (non-hydrogen) atoms. The van der Waals surface area contributed by atoms with Crippen molar-refractivity contribution in [1.29, 1.82) is 0 Å². The van der Waals surface area contributed by atoms with Crippen LogP contribution in [0.25, 0.3) is 0 Å². The molecule has 138 valence electrons. The summed E-state index contributed by atoms with van der Waals surface area (Å²) in [5.74, 6) is 1.13. The number of carbonyl (C=O) groups is 2. The van der Waals surface area contributed by atoms with Crippen molar-refractivity contribution in [2.24, 2.45) is 7.05 Å². The van der Waals surface area contributed by atoms with E-state index in [4.69, 9.17) is 4.74 Å². The van der Waals surface area contributed by atoms with Crippen LogP contribution in [0.3, 0.4) is 0 Å². The summed E-state index contributed by atoms with van der Waals surface area (Å²) in [6, 6.07) is -0.233. The molecule has 2 aliphatic heterocycles. The smallest absolute Gasteiger partial charge is 0.328 e. The third-order valence-electron chi connectivity index (χ3n) is 5.04. The van der Waals surface area contributed by atoms with E-state index in [0.29, 0.717) is 44.1 Å². The lowest BCUT2D eigenvalue weighted by molar-refractivity contribution is -0.135. The third kappa shape index (κ3) is 3.13. The molecule has 0 saturated carbocycles. The normalized spacial score (nSPS) is 20.1. The standard InChI is InChI=1S/C16H26N6O3/c1-12-18-13(20(2)19-12)11-21-14(23)16(5-7-17-8-6-16)22(15(21)24)9-4-10-25-3/h17H,4-11H2,1-3H3. The molecule has 1 N–H and O–H groups in total. The van der Waals surface area contributed by atoms with Crippen molar-refractivity contribution >= 4 is 11.9 Å². The molecule has 0 radical (unpaired) electrons. The molecule has 0 aromatic carbocycles. The monoisotopic (exact) mass is 350 g/mol. The minimum absolute atomic E-state index is 0.114. The predicted octanol–water partition coefficient (Wildman–Crippen LogP) is 0.0464. The lowest BCUT2D eigenvalue weighted by Gasteiger charge is -2.38. The number of carbonyl (C=O) groups excluding carboxylic acids is 2. The molecule has 3 heterocycles.